The van der Waals surface area contributed by atoms with Gasteiger partial charge in [0.05, 0.1) is 0 Å². The molecule has 0 atom stereocenters. The third-order valence-electron chi connectivity index (χ3n) is 1.20. The predicted molar refractivity (Wildman–Crippen MR) is 45.0 cm³/mol. The molecule has 0 aromatic heterocycles. The molecule has 0 amide bonds. The summed E-state index contributed by atoms with van der Waals surface area (Å²) < 4.78 is 0. The highest BCUT2D eigenvalue weighted by atomic mass is 35.5. The topological polar surface area (TPSA) is 3.24 Å². The molecule has 0 radical (unpaired) electrons. The molecule has 0 unspecified atom stereocenters. The lowest BCUT2D eigenvalue weighted by Gasteiger charge is -2.11. The quantitative estimate of drug-likeness (QED) is 0.583. The summed E-state index contributed by atoms with van der Waals surface area (Å²) in [6.45, 7) is 4.26. The highest BCUT2D eigenvalue weighted by Gasteiger charge is 1.85. The maximum atomic E-state index is 2.21. The van der Waals surface area contributed by atoms with E-state index < -0.39 is 0 Å². The Morgan fingerprint density at radius 2 is 1.89 bits per heavy atom. The smallest absolute Gasteiger partial charge is 0.00579 e. The van der Waals surface area contributed by atoms with Gasteiger partial charge in [-0.25, -0.2) is 0 Å². The van der Waals surface area contributed by atoms with E-state index >= 15 is 0 Å². The molecule has 0 saturated carbocycles. The van der Waals surface area contributed by atoms with Gasteiger partial charge in [0.2, 0.25) is 0 Å². The van der Waals surface area contributed by atoms with Gasteiger partial charge in [-0.3, -0.25) is 0 Å². The van der Waals surface area contributed by atoms with Crippen LogP contribution in [0.4, 0.5) is 0 Å². The lowest BCUT2D eigenvalue weighted by atomic mass is 10.3. The minimum Gasteiger partial charge on any atom is -0.381 e. The van der Waals surface area contributed by atoms with Crippen molar-refractivity contribution in [1.29, 1.82) is 0 Å². The summed E-state index contributed by atoms with van der Waals surface area (Å²) in [7, 11) is 4.11. The first-order valence-electron chi connectivity index (χ1n) is 3.02. The number of allylic oxidation sites excluding steroid dienone is 2. The number of hydrogen-bond donors (Lipinski definition) is 0. The molecule has 0 N–H and O–H groups in total. The average molecular weight is 150 g/mol. The molecule has 0 aliphatic carbocycles. The van der Waals surface area contributed by atoms with Crippen molar-refractivity contribution < 1.29 is 0 Å². The van der Waals surface area contributed by atoms with E-state index in [-0.39, 0.29) is 12.4 Å². The van der Waals surface area contributed by atoms with E-state index in [9.17, 15) is 0 Å². The van der Waals surface area contributed by atoms with Gasteiger partial charge in [-0.1, -0.05) is 13.0 Å². The van der Waals surface area contributed by atoms with Gasteiger partial charge in [-0.05, 0) is 13.3 Å². The molecule has 56 valence electrons. The van der Waals surface area contributed by atoms with Crippen LogP contribution in [0.15, 0.2) is 11.8 Å². The Labute approximate surface area is 64.2 Å². The fourth-order valence-corrected chi connectivity index (χ4v) is 0.478. The van der Waals surface area contributed by atoms with Crippen LogP contribution in [-0.4, -0.2) is 19.0 Å². The molecule has 0 spiro atoms. The van der Waals surface area contributed by atoms with E-state index in [2.05, 4.69) is 38.9 Å². The highest BCUT2D eigenvalue weighted by Crippen LogP contribution is 1.96. The lowest BCUT2D eigenvalue weighted by molar-refractivity contribution is 0.511. The van der Waals surface area contributed by atoms with Crippen LogP contribution in [-0.2, 0) is 0 Å². The summed E-state index contributed by atoms with van der Waals surface area (Å²) in [5.74, 6) is 0. The number of halogens is 1. The average Bonchev–Trinajstić information content (AvgIpc) is 1.67. The van der Waals surface area contributed by atoms with Crippen LogP contribution in [0.1, 0.15) is 20.3 Å². The summed E-state index contributed by atoms with van der Waals surface area (Å²) in [6, 6.07) is 0. The molecule has 0 heterocycles. The molecule has 0 aliphatic rings. The van der Waals surface area contributed by atoms with Crippen molar-refractivity contribution in [3.63, 3.8) is 0 Å². The SMILES string of the molecule is CC/C=C(\C)N(C)C.Cl. The lowest BCUT2D eigenvalue weighted by Crippen LogP contribution is -2.07. The third kappa shape index (κ3) is 5.71. The first kappa shape index (κ1) is 11.6. The van der Waals surface area contributed by atoms with Crippen LogP contribution in [0.2, 0.25) is 0 Å². The maximum absolute atomic E-state index is 2.21. The van der Waals surface area contributed by atoms with Crippen molar-refractivity contribution in [3.05, 3.63) is 11.8 Å². The molecular weight excluding hydrogens is 134 g/mol. The van der Waals surface area contributed by atoms with Gasteiger partial charge in [0.15, 0.2) is 0 Å². The van der Waals surface area contributed by atoms with Crippen molar-refractivity contribution in [2.24, 2.45) is 0 Å². The van der Waals surface area contributed by atoms with E-state index in [4.69, 9.17) is 0 Å². The molecule has 1 nitrogen and oxygen atoms in total. The van der Waals surface area contributed by atoms with Gasteiger partial charge in [-0.15, -0.1) is 12.4 Å². The van der Waals surface area contributed by atoms with Crippen molar-refractivity contribution in [2.45, 2.75) is 20.3 Å². The monoisotopic (exact) mass is 149 g/mol. The molecule has 0 rings (SSSR count). The summed E-state index contributed by atoms with van der Waals surface area (Å²) in [4.78, 5) is 2.11. The molecule has 0 aromatic rings. The normalized spacial score (nSPS) is 10.4. The van der Waals surface area contributed by atoms with Gasteiger partial charge in [0.25, 0.3) is 0 Å². The Balaban J connectivity index is 0. The summed E-state index contributed by atoms with van der Waals surface area (Å²) in [6.07, 6.45) is 3.34. The number of rotatable bonds is 2. The van der Waals surface area contributed by atoms with Crippen LogP contribution >= 0.6 is 12.4 Å². The Kier molecular flexibility index (Phi) is 7.68. The zero-order chi connectivity index (χ0) is 6.57. The highest BCUT2D eigenvalue weighted by molar-refractivity contribution is 5.85. The standard InChI is InChI=1S/C7H15N.ClH/c1-5-6-7(2)8(3)4;/h6H,5H2,1-4H3;1H/b7-6+;. The molecule has 0 bridgehead atoms. The zero-order valence-electron chi connectivity index (χ0n) is 6.64. The summed E-state index contributed by atoms with van der Waals surface area (Å²) >= 11 is 0. The Morgan fingerprint density at radius 3 is 2.00 bits per heavy atom. The maximum Gasteiger partial charge on any atom is 0.00579 e. The first-order chi connectivity index (χ1) is 3.68. The van der Waals surface area contributed by atoms with Gasteiger partial charge < -0.3 is 4.90 Å². The van der Waals surface area contributed by atoms with Crippen molar-refractivity contribution >= 4 is 12.4 Å². The van der Waals surface area contributed by atoms with E-state index in [0.717, 1.165) is 6.42 Å². The second-order valence-corrected chi connectivity index (χ2v) is 2.15. The van der Waals surface area contributed by atoms with Gasteiger partial charge in [0.1, 0.15) is 0 Å². The summed E-state index contributed by atoms with van der Waals surface area (Å²) in [5, 5.41) is 0. The van der Waals surface area contributed by atoms with Crippen molar-refractivity contribution in [2.75, 3.05) is 14.1 Å². The third-order valence-corrected chi connectivity index (χ3v) is 1.20. The largest absolute Gasteiger partial charge is 0.381 e. The summed E-state index contributed by atoms with van der Waals surface area (Å²) in [5.41, 5.74) is 1.34. The fourth-order valence-electron chi connectivity index (χ4n) is 0.478. The molecule has 0 saturated heterocycles. The molecular formula is C7H16ClN. The van der Waals surface area contributed by atoms with Gasteiger partial charge >= 0.3 is 0 Å². The molecule has 0 aliphatic heterocycles. The Bertz CT molecular complexity index is 86.9. The number of hydrogen-bond acceptors (Lipinski definition) is 1. The zero-order valence-corrected chi connectivity index (χ0v) is 7.46. The van der Waals surface area contributed by atoms with Crippen LogP contribution in [0, 0.1) is 0 Å². The van der Waals surface area contributed by atoms with E-state index in [1.54, 1.807) is 0 Å². The van der Waals surface area contributed by atoms with Crippen molar-refractivity contribution in [1.82, 2.24) is 4.90 Å². The minimum atomic E-state index is 0. The van der Waals surface area contributed by atoms with Gasteiger partial charge in [0, 0.05) is 19.8 Å². The van der Waals surface area contributed by atoms with E-state index in [1.807, 2.05) is 0 Å². The van der Waals surface area contributed by atoms with E-state index in [1.165, 1.54) is 5.70 Å². The number of nitrogens with zero attached hydrogens (tertiary/aromatic N) is 1. The second kappa shape index (κ2) is 5.96. The molecule has 0 fully saturated rings. The fraction of sp³-hybridized carbons (Fsp3) is 0.714. The predicted octanol–water partition coefficient (Wildman–Crippen LogP) is 2.28. The van der Waals surface area contributed by atoms with Crippen LogP contribution in [0.3, 0.4) is 0 Å². The Hall–Kier alpha value is -0.170. The first-order valence-corrected chi connectivity index (χ1v) is 3.02. The molecule has 0 aromatic carbocycles. The Morgan fingerprint density at radius 1 is 1.44 bits per heavy atom. The van der Waals surface area contributed by atoms with Crippen LogP contribution in [0.5, 0.6) is 0 Å². The minimum absolute atomic E-state index is 0. The van der Waals surface area contributed by atoms with Crippen LogP contribution < -0.4 is 0 Å². The molecule has 9 heavy (non-hydrogen) atoms. The van der Waals surface area contributed by atoms with Crippen LogP contribution in [0.25, 0.3) is 0 Å². The second-order valence-electron chi connectivity index (χ2n) is 2.15. The van der Waals surface area contributed by atoms with Gasteiger partial charge in [-0.2, -0.15) is 0 Å². The van der Waals surface area contributed by atoms with E-state index in [0.29, 0.717) is 0 Å². The molecule has 2 heteroatoms. The van der Waals surface area contributed by atoms with Crippen molar-refractivity contribution in [3.8, 4) is 0 Å².